The number of thiocarbonyl (C=S) groups is 1. The van der Waals surface area contributed by atoms with Crippen molar-refractivity contribution in [3.8, 4) is 5.75 Å². The van der Waals surface area contributed by atoms with Gasteiger partial charge in [0, 0.05) is 48.8 Å². The molecule has 226 valence electrons. The number of rotatable bonds is 4. The van der Waals surface area contributed by atoms with Crippen LogP contribution in [-0.2, 0) is 20.8 Å². The van der Waals surface area contributed by atoms with E-state index in [1.807, 2.05) is 42.5 Å². The lowest BCUT2D eigenvalue weighted by molar-refractivity contribution is -0.147. The number of primary amides is 1. The number of ketones is 2. The van der Waals surface area contributed by atoms with Gasteiger partial charge in [-0.2, -0.15) is 0 Å². The Bertz CT molecular complexity index is 1880. The molecule has 3 aromatic carbocycles. The quantitative estimate of drug-likeness (QED) is 0.130. The van der Waals surface area contributed by atoms with Crippen molar-refractivity contribution in [2.24, 2.45) is 17.6 Å². The lowest BCUT2D eigenvalue weighted by atomic mass is 9.59. The maximum absolute atomic E-state index is 13.9. The minimum Gasteiger partial charge on any atom is -0.508 e. The summed E-state index contributed by atoms with van der Waals surface area (Å²) in [6.07, 6.45) is -0.137. The second-order valence-corrected chi connectivity index (χ2v) is 12.0. The summed E-state index contributed by atoms with van der Waals surface area (Å²) in [4.78, 5) is 40.2. The Labute approximate surface area is 257 Å². The highest BCUT2D eigenvalue weighted by Crippen LogP contribution is 2.54. The van der Waals surface area contributed by atoms with Gasteiger partial charge in [0.05, 0.1) is 11.3 Å². The van der Waals surface area contributed by atoms with E-state index in [-0.39, 0.29) is 46.9 Å². The van der Waals surface area contributed by atoms with Crippen LogP contribution in [0, 0.1) is 11.8 Å². The van der Waals surface area contributed by atoms with Gasteiger partial charge in [-0.1, -0.05) is 36.4 Å². The molecule has 8 N–H and O–H groups in total. The van der Waals surface area contributed by atoms with Gasteiger partial charge in [-0.25, -0.2) is 0 Å². The Morgan fingerprint density at radius 1 is 1.02 bits per heavy atom. The average molecular weight is 615 g/mol. The summed E-state index contributed by atoms with van der Waals surface area (Å²) in [6, 6.07) is 15.2. The van der Waals surface area contributed by atoms with Gasteiger partial charge in [0.25, 0.3) is 5.91 Å². The molecular weight excluding hydrogens is 584 g/mol. The number of phenolic OH excluding ortho intramolecular Hbond substituents is 1. The van der Waals surface area contributed by atoms with Gasteiger partial charge >= 0.3 is 0 Å². The van der Waals surface area contributed by atoms with E-state index in [4.69, 9.17) is 18.0 Å². The molecular formula is C32H30N4O7S. The number of nitrogens with one attached hydrogen (secondary N) is 2. The van der Waals surface area contributed by atoms with Gasteiger partial charge in [0.1, 0.15) is 22.8 Å². The number of hydrogen-bond acceptors (Lipinski definition) is 9. The number of hydrogen-bond donors (Lipinski definition) is 7. The van der Waals surface area contributed by atoms with E-state index >= 15 is 0 Å². The summed E-state index contributed by atoms with van der Waals surface area (Å²) in [5.41, 5.74) is 3.64. The Balaban J connectivity index is 1.42. The second kappa shape index (κ2) is 10.4. The molecule has 6 rings (SSSR count). The van der Waals surface area contributed by atoms with Crippen LogP contribution in [0.3, 0.4) is 0 Å². The minimum absolute atomic E-state index is 0.0289. The number of carbonyl (C=O) groups is 3. The smallest absolute Gasteiger partial charge is 0.255 e. The highest BCUT2D eigenvalue weighted by atomic mass is 32.1. The number of fused-ring (bicyclic) bond motifs is 4. The van der Waals surface area contributed by atoms with Crippen molar-refractivity contribution in [1.29, 1.82) is 0 Å². The fourth-order valence-electron chi connectivity index (χ4n) is 6.77. The first-order valence-corrected chi connectivity index (χ1v) is 14.3. The van der Waals surface area contributed by atoms with E-state index < -0.39 is 52.0 Å². The highest BCUT2D eigenvalue weighted by molar-refractivity contribution is 7.80. The monoisotopic (exact) mass is 614 g/mol. The Kier molecular flexibility index (Phi) is 6.86. The zero-order valence-electron chi connectivity index (χ0n) is 23.8. The minimum atomic E-state index is -2.63. The molecule has 0 saturated heterocycles. The SMILES string of the molecule is CN(C)c1cc(NC(=S)Nc2cccc3ccccc23)c(O)c2c1CC1C[C@H]3CC(=O)C(C(N)=O)=C(O)[C@@]3(O)C(=O)C1=C2O. The van der Waals surface area contributed by atoms with Gasteiger partial charge in [-0.3, -0.25) is 14.4 Å². The van der Waals surface area contributed by atoms with E-state index in [9.17, 15) is 34.8 Å². The summed E-state index contributed by atoms with van der Waals surface area (Å²) in [5, 5.41) is 53.6. The first kappa shape index (κ1) is 29.1. The molecule has 1 saturated carbocycles. The standard InChI is InChI=1S/C32H30N4O7S/c1-36(2)21-13-20(35-31(44)34-19-9-5-7-14-6-3-4-8-17(14)19)26(38)24-18(21)11-15-10-16-12-22(37)25(30(33)42)29(41)32(16,43)28(40)23(15)27(24)39/h3-9,13,15-16,38-39,41,43H,10-12H2,1-2H3,(H2,33,42)(H2,34,35,44)/t15?,16-,32-/m0/s1. The van der Waals surface area contributed by atoms with Crippen LogP contribution in [0.25, 0.3) is 16.5 Å². The molecule has 1 unspecified atom stereocenters. The van der Waals surface area contributed by atoms with Crippen molar-refractivity contribution in [3.63, 3.8) is 0 Å². The molecule has 0 heterocycles. The largest absolute Gasteiger partial charge is 0.508 e. The molecule has 1 amide bonds. The van der Waals surface area contributed by atoms with Gasteiger partial charge in [-0.15, -0.1) is 0 Å². The number of amides is 1. The first-order valence-electron chi connectivity index (χ1n) is 13.9. The van der Waals surface area contributed by atoms with Crippen LogP contribution in [0.1, 0.15) is 24.0 Å². The maximum Gasteiger partial charge on any atom is 0.255 e. The zero-order chi connectivity index (χ0) is 31.7. The van der Waals surface area contributed by atoms with Crippen LogP contribution < -0.4 is 21.3 Å². The molecule has 3 aromatic rings. The fraction of sp³-hybridized carbons (Fsp3) is 0.250. The van der Waals surface area contributed by atoms with Crippen LogP contribution in [0.4, 0.5) is 17.1 Å². The van der Waals surface area contributed by atoms with Crippen molar-refractivity contribution in [3.05, 3.63) is 76.6 Å². The number of phenols is 1. The Morgan fingerprint density at radius 3 is 2.41 bits per heavy atom. The van der Waals surface area contributed by atoms with E-state index in [1.165, 1.54) is 0 Å². The number of nitrogens with two attached hydrogens (primary N) is 1. The summed E-state index contributed by atoms with van der Waals surface area (Å²) < 4.78 is 0. The molecule has 3 aliphatic carbocycles. The molecule has 0 aromatic heterocycles. The fourth-order valence-corrected chi connectivity index (χ4v) is 6.99. The number of nitrogens with zero attached hydrogens (tertiary/aromatic N) is 1. The zero-order valence-corrected chi connectivity index (χ0v) is 24.7. The predicted molar refractivity (Wildman–Crippen MR) is 170 cm³/mol. The van der Waals surface area contributed by atoms with E-state index in [0.717, 1.165) is 16.5 Å². The molecule has 0 bridgehead atoms. The Hall–Kier alpha value is -4.94. The second-order valence-electron chi connectivity index (χ2n) is 11.6. The van der Waals surface area contributed by atoms with E-state index in [2.05, 4.69) is 10.6 Å². The molecule has 11 nitrogen and oxygen atoms in total. The van der Waals surface area contributed by atoms with Crippen molar-refractivity contribution in [1.82, 2.24) is 0 Å². The third kappa shape index (κ3) is 4.28. The first-order chi connectivity index (χ1) is 20.8. The molecule has 0 aliphatic heterocycles. The number of carbonyl (C=O) groups excluding carboxylic acids is 3. The van der Waals surface area contributed by atoms with Crippen LogP contribution in [0.5, 0.6) is 5.75 Å². The molecule has 0 spiro atoms. The van der Waals surface area contributed by atoms with E-state index in [1.54, 1.807) is 25.1 Å². The Morgan fingerprint density at radius 2 is 1.70 bits per heavy atom. The third-order valence-electron chi connectivity index (χ3n) is 8.81. The summed E-state index contributed by atoms with van der Waals surface area (Å²) in [6.45, 7) is 0. The number of aliphatic hydroxyl groups is 3. The molecule has 3 aliphatic rings. The summed E-state index contributed by atoms with van der Waals surface area (Å²) in [7, 11) is 3.58. The van der Waals surface area contributed by atoms with Crippen LogP contribution in [0.15, 0.2) is 65.4 Å². The van der Waals surface area contributed by atoms with Gasteiger partial charge < -0.3 is 41.7 Å². The molecule has 44 heavy (non-hydrogen) atoms. The lowest BCUT2D eigenvalue weighted by Gasteiger charge is -2.46. The predicted octanol–water partition coefficient (Wildman–Crippen LogP) is 3.45. The van der Waals surface area contributed by atoms with Gasteiger partial charge in [0.2, 0.25) is 5.78 Å². The van der Waals surface area contributed by atoms with Crippen molar-refractivity contribution >= 4 is 68.4 Å². The number of anilines is 3. The summed E-state index contributed by atoms with van der Waals surface area (Å²) >= 11 is 5.57. The topological polar surface area (TPSA) is 185 Å². The molecule has 12 heteroatoms. The maximum atomic E-state index is 13.9. The van der Waals surface area contributed by atoms with Gasteiger partial charge in [-0.05, 0) is 54.1 Å². The van der Waals surface area contributed by atoms with Crippen molar-refractivity contribution < 1.29 is 34.8 Å². The third-order valence-corrected chi connectivity index (χ3v) is 9.01. The van der Waals surface area contributed by atoms with Crippen LogP contribution in [-0.4, -0.2) is 62.7 Å². The number of Topliss-reactive ketones (excluding diaryl/α,β-unsaturated/α-hetero) is 2. The number of aromatic hydroxyl groups is 1. The normalized spacial score (nSPS) is 22.7. The molecule has 0 radical (unpaired) electrons. The van der Waals surface area contributed by atoms with Crippen molar-refractivity contribution in [2.75, 3.05) is 29.6 Å². The average Bonchev–Trinajstić information content (AvgIpc) is 2.96. The lowest BCUT2D eigenvalue weighted by Crippen LogP contribution is -2.58. The van der Waals surface area contributed by atoms with Crippen LogP contribution >= 0.6 is 12.2 Å². The summed E-state index contributed by atoms with van der Waals surface area (Å²) in [5.74, 6) is -6.82. The number of benzene rings is 3. The van der Waals surface area contributed by atoms with Crippen LogP contribution in [0.2, 0.25) is 0 Å². The highest BCUT2D eigenvalue weighted by Gasteiger charge is 2.60. The van der Waals surface area contributed by atoms with Gasteiger partial charge in [0.15, 0.2) is 16.5 Å². The van der Waals surface area contributed by atoms with Crippen molar-refractivity contribution in [2.45, 2.75) is 24.9 Å². The van der Waals surface area contributed by atoms with E-state index in [0.29, 0.717) is 11.3 Å². The number of aliphatic hydroxyl groups excluding tert-OH is 2. The molecule has 3 atom stereocenters. The molecule has 1 fully saturated rings.